The van der Waals surface area contributed by atoms with E-state index in [1.165, 1.54) is 0 Å². The lowest BCUT2D eigenvalue weighted by Gasteiger charge is -2.27. The number of carboxylic acid groups (broad SMARTS) is 1. The molecule has 0 atom stereocenters. The highest BCUT2D eigenvalue weighted by Gasteiger charge is 2.25. The molecule has 1 aliphatic rings. The molecule has 19 heavy (non-hydrogen) atoms. The summed E-state index contributed by atoms with van der Waals surface area (Å²) in [5, 5.41) is 21.1. The molecule has 1 fully saturated rings. The minimum absolute atomic E-state index is 0.200. The van der Waals surface area contributed by atoms with Crippen LogP contribution in [0.5, 0.6) is 0 Å². The van der Waals surface area contributed by atoms with Crippen LogP contribution >= 0.6 is 0 Å². The first-order valence-corrected chi connectivity index (χ1v) is 6.47. The molecule has 1 heterocycles. The zero-order chi connectivity index (χ0) is 13.8. The first-order valence-electron chi connectivity index (χ1n) is 6.47. The van der Waals surface area contributed by atoms with Crippen LogP contribution in [0.4, 0.5) is 5.82 Å². The van der Waals surface area contributed by atoms with E-state index in [9.17, 15) is 4.79 Å². The van der Waals surface area contributed by atoms with E-state index in [2.05, 4.69) is 16.4 Å². The van der Waals surface area contributed by atoms with Crippen molar-refractivity contribution in [3.63, 3.8) is 0 Å². The number of nitriles is 1. The number of anilines is 1. The van der Waals surface area contributed by atoms with Gasteiger partial charge in [-0.1, -0.05) is 0 Å². The predicted molar refractivity (Wildman–Crippen MR) is 70.7 cm³/mol. The average Bonchev–Trinajstić information content (AvgIpc) is 2.39. The van der Waals surface area contributed by atoms with Gasteiger partial charge in [-0.15, -0.1) is 0 Å². The molecule has 5 heteroatoms. The van der Waals surface area contributed by atoms with Crippen LogP contribution < -0.4 is 5.32 Å². The zero-order valence-corrected chi connectivity index (χ0v) is 10.9. The Hall–Kier alpha value is -2.09. The van der Waals surface area contributed by atoms with Crippen LogP contribution in [0.15, 0.2) is 12.1 Å². The Morgan fingerprint density at radius 3 is 2.63 bits per heavy atom. The summed E-state index contributed by atoms with van der Waals surface area (Å²) in [6.45, 7) is 1.81. The van der Waals surface area contributed by atoms with Gasteiger partial charge in [-0.05, 0) is 44.7 Å². The SMILES string of the molecule is Cc1nc(NC2CCC(C(=O)O)CC2)ccc1C#N. The molecular formula is C14H17N3O2. The van der Waals surface area contributed by atoms with Crippen LogP contribution in [-0.2, 0) is 4.79 Å². The third kappa shape index (κ3) is 3.22. The number of nitrogens with zero attached hydrogens (tertiary/aromatic N) is 2. The number of aromatic nitrogens is 1. The maximum atomic E-state index is 10.9. The van der Waals surface area contributed by atoms with Gasteiger partial charge in [-0.2, -0.15) is 5.26 Å². The standard InChI is InChI=1S/C14H17N3O2/c1-9-11(8-15)4-7-13(16-9)17-12-5-2-10(3-6-12)14(18)19/h4,7,10,12H,2-3,5-6H2,1H3,(H,16,17)(H,18,19). The van der Waals surface area contributed by atoms with Gasteiger partial charge in [-0.25, -0.2) is 4.98 Å². The lowest BCUT2D eigenvalue weighted by Crippen LogP contribution is -2.29. The highest BCUT2D eigenvalue weighted by molar-refractivity contribution is 5.70. The Labute approximate surface area is 112 Å². The summed E-state index contributed by atoms with van der Waals surface area (Å²) in [6, 6.07) is 5.92. The summed E-state index contributed by atoms with van der Waals surface area (Å²) in [5.41, 5.74) is 1.30. The molecule has 2 N–H and O–H groups in total. The first kappa shape index (κ1) is 13.3. The van der Waals surface area contributed by atoms with Gasteiger partial charge in [0.15, 0.2) is 0 Å². The molecule has 0 bridgehead atoms. The number of carbonyl (C=O) groups is 1. The molecule has 1 aromatic rings. The molecule has 5 nitrogen and oxygen atoms in total. The van der Waals surface area contributed by atoms with Crippen LogP contribution in [0.1, 0.15) is 36.9 Å². The van der Waals surface area contributed by atoms with E-state index in [1.54, 1.807) is 12.1 Å². The summed E-state index contributed by atoms with van der Waals surface area (Å²) in [6.07, 6.45) is 3.11. The molecule has 0 spiro atoms. The zero-order valence-electron chi connectivity index (χ0n) is 10.9. The normalized spacial score (nSPS) is 22.5. The van der Waals surface area contributed by atoms with E-state index in [-0.39, 0.29) is 12.0 Å². The number of hydrogen-bond donors (Lipinski definition) is 2. The second-order valence-corrected chi connectivity index (χ2v) is 4.97. The van der Waals surface area contributed by atoms with Crippen molar-refractivity contribution in [2.24, 2.45) is 5.92 Å². The van der Waals surface area contributed by atoms with Crippen molar-refractivity contribution >= 4 is 11.8 Å². The van der Waals surface area contributed by atoms with Crippen molar-refractivity contribution < 1.29 is 9.90 Å². The Kier molecular flexibility index (Phi) is 4.00. The summed E-state index contributed by atoms with van der Waals surface area (Å²) in [4.78, 5) is 15.2. The molecule has 0 unspecified atom stereocenters. The third-order valence-electron chi connectivity index (χ3n) is 3.63. The van der Waals surface area contributed by atoms with Crippen molar-refractivity contribution in [3.05, 3.63) is 23.4 Å². The highest BCUT2D eigenvalue weighted by atomic mass is 16.4. The molecule has 0 amide bonds. The molecule has 0 aromatic carbocycles. The quantitative estimate of drug-likeness (QED) is 0.870. The fourth-order valence-corrected chi connectivity index (χ4v) is 2.45. The minimum Gasteiger partial charge on any atom is -0.481 e. The molecular weight excluding hydrogens is 242 g/mol. The Morgan fingerprint density at radius 2 is 2.11 bits per heavy atom. The molecule has 0 radical (unpaired) electrons. The van der Waals surface area contributed by atoms with Crippen molar-refractivity contribution in [1.29, 1.82) is 5.26 Å². The van der Waals surface area contributed by atoms with E-state index < -0.39 is 5.97 Å². The van der Waals surface area contributed by atoms with Crippen LogP contribution in [0.25, 0.3) is 0 Å². The van der Waals surface area contributed by atoms with E-state index in [0.717, 1.165) is 18.7 Å². The molecule has 100 valence electrons. The lowest BCUT2D eigenvalue weighted by molar-refractivity contribution is -0.142. The predicted octanol–water partition coefficient (Wildman–Crippen LogP) is 2.32. The maximum absolute atomic E-state index is 10.9. The first-order chi connectivity index (χ1) is 9.10. The Morgan fingerprint density at radius 1 is 1.42 bits per heavy atom. The van der Waals surface area contributed by atoms with Gasteiger partial charge in [0.05, 0.1) is 17.2 Å². The average molecular weight is 259 g/mol. The Balaban J connectivity index is 1.94. The fraction of sp³-hybridized carbons (Fsp3) is 0.500. The Bertz CT molecular complexity index is 514. The molecule has 2 rings (SSSR count). The molecule has 1 aromatic heterocycles. The molecule has 1 saturated carbocycles. The van der Waals surface area contributed by atoms with Crippen molar-refractivity contribution in [2.75, 3.05) is 5.32 Å². The van der Waals surface area contributed by atoms with Gasteiger partial charge in [0, 0.05) is 6.04 Å². The fourth-order valence-electron chi connectivity index (χ4n) is 2.45. The number of pyridine rings is 1. The number of aryl methyl sites for hydroxylation is 1. The number of nitrogens with one attached hydrogen (secondary N) is 1. The number of hydrogen-bond acceptors (Lipinski definition) is 4. The van der Waals surface area contributed by atoms with Crippen LogP contribution in [0.2, 0.25) is 0 Å². The molecule has 0 aliphatic heterocycles. The second-order valence-electron chi connectivity index (χ2n) is 4.97. The van der Waals surface area contributed by atoms with E-state index in [1.807, 2.05) is 6.92 Å². The number of aliphatic carboxylic acids is 1. The van der Waals surface area contributed by atoms with Gasteiger partial charge < -0.3 is 10.4 Å². The van der Waals surface area contributed by atoms with Gasteiger partial charge >= 0.3 is 5.97 Å². The lowest BCUT2D eigenvalue weighted by atomic mass is 9.86. The topological polar surface area (TPSA) is 86.0 Å². The number of rotatable bonds is 3. The maximum Gasteiger partial charge on any atom is 0.306 e. The summed E-state index contributed by atoms with van der Waals surface area (Å²) < 4.78 is 0. The summed E-state index contributed by atoms with van der Waals surface area (Å²) in [7, 11) is 0. The van der Waals surface area contributed by atoms with E-state index in [4.69, 9.17) is 10.4 Å². The van der Waals surface area contributed by atoms with Gasteiger partial charge in [0.1, 0.15) is 11.9 Å². The smallest absolute Gasteiger partial charge is 0.306 e. The molecule has 0 saturated heterocycles. The monoisotopic (exact) mass is 259 g/mol. The summed E-state index contributed by atoms with van der Waals surface area (Å²) in [5.74, 6) is -0.130. The highest BCUT2D eigenvalue weighted by Crippen LogP contribution is 2.26. The van der Waals surface area contributed by atoms with Gasteiger partial charge in [0.25, 0.3) is 0 Å². The van der Waals surface area contributed by atoms with Crippen molar-refractivity contribution in [3.8, 4) is 6.07 Å². The number of carboxylic acids is 1. The molecule has 1 aliphatic carbocycles. The van der Waals surface area contributed by atoms with E-state index in [0.29, 0.717) is 24.1 Å². The third-order valence-corrected chi connectivity index (χ3v) is 3.63. The van der Waals surface area contributed by atoms with Crippen LogP contribution in [-0.4, -0.2) is 22.1 Å². The largest absolute Gasteiger partial charge is 0.481 e. The van der Waals surface area contributed by atoms with Crippen molar-refractivity contribution in [2.45, 2.75) is 38.6 Å². The van der Waals surface area contributed by atoms with Gasteiger partial charge in [0.2, 0.25) is 0 Å². The summed E-state index contributed by atoms with van der Waals surface area (Å²) >= 11 is 0. The van der Waals surface area contributed by atoms with E-state index >= 15 is 0 Å². The van der Waals surface area contributed by atoms with Crippen LogP contribution in [0, 0.1) is 24.2 Å². The van der Waals surface area contributed by atoms with Crippen LogP contribution in [0.3, 0.4) is 0 Å². The van der Waals surface area contributed by atoms with Crippen molar-refractivity contribution in [1.82, 2.24) is 4.98 Å². The minimum atomic E-state index is -0.689. The van der Waals surface area contributed by atoms with Gasteiger partial charge in [-0.3, -0.25) is 4.79 Å². The second kappa shape index (κ2) is 5.70.